The number of ether oxygens (including phenoxy) is 1. The van der Waals surface area contributed by atoms with E-state index in [-0.39, 0.29) is 17.9 Å². The van der Waals surface area contributed by atoms with Crippen LogP contribution >= 0.6 is 0 Å². The first kappa shape index (κ1) is 21.6. The van der Waals surface area contributed by atoms with Crippen LogP contribution in [0.5, 0.6) is 5.75 Å². The number of anilines is 2. The molecule has 1 aromatic carbocycles. The highest BCUT2D eigenvalue weighted by Gasteiger charge is 2.28. The maximum atomic E-state index is 11.6. The van der Waals surface area contributed by atoms with E-state index in [2.05, 4.69) is 34.4 Å². The molecule has 3 N–H and O–H groups in total. The first-order chi connectivity index (χ1) is 15.9. The summed E-state index contributed by atoms with van der Waals surface area (Å²) in [5.41, 5.74) is 10.7. The molecule has 33 heavy (non-hydrogen) atoms. The number of aryl methyl sites for hydroxylation is 1. The lowest BCUT2D eigenvalue weighted by atomic mass is 9.86. The van der Waals surface area contributed by atoms with E-state index in [0.29, 0.717) is 5.95 Å². The lowest BCUT2D eigenvalue weighted by Crippen LogP contribution is -2.28. The lowest BCUT2D eigenvalue weighted by Gasteiger charge is -2.27. The molecule has 0 spiro atoms. The molecule has 1 saturated carbocycles. The van der Waals surface area contributed by atoms with Crippen molar-refractivity contribution in [3.8, 4) is 5.75 Å². The van der Waals surface area contributed by atoms with E-state index in [1.807, 2.05) is 17.8 Å². The highest BCUT2D eigenvalue weighted by atomic mass is 16.5. The van der Waals surface area contributed by atoms with Crippen LogP contribution in [-0.2, 0) is 17.8 Å². The van der Waals surface area contributed by atoms with Crippen molar-refractivity contribution >= 4 is 28.6 Å². The van der Waals surface area contributed by atoms with Crippen molar-refractivity contribution in [2.75, 3.05) is 26.0 Å². The zero-order valence-electron chi connectivity index (χ0n) is 19.5. The van der Waals surface area contributed by atoms with Gasteiger partial charge in [0.05, 0.1) is 29.9 Å². The van der Waals surface area contributed by atoms with Gasteiger partial charge < -0.3 is 20.7 Å². The van der Waals surface area contributed by atoms with Gasteiger partial charge in [0.1, 0.15) is 5.75 Å². The summed E-state index contributed by atoms with van der Waals surface area (Å²) in [4.78, 5) is 23.3. The van der Waals surface area contributed by atoms with Crippen LogP contribution < -0.4 is 15.8 Å². The van der Waals surface area contributed by atoms with E-state index in [1.165, 1.54) is 11.1 Å². The number of benzene rings is 1. The standard InChI is InChI=1S/C24H31N7O2/c1-14-19-12-26-24(27-20-10-17-13-30(2)9-8-16(17)11-21(20)33-3)28-23(19)31(29-14)18-6-4-15(5-7-18)22(25)32/h10-12,15,18H,4-9,13H2,1-3H3,(H2,25,32)(H,26,27,28). The Kier molecular flexibility index (Phi) is 5.65. The van der Waals surface area contributed by atoms with Crippen LogP contribution in [0.25, 0.3) is 11.0 Å². The Bertz CT molecular complexity index is 1200. The Balaban J connectivity index is 1.45. The molecule has 0 bridgehead atoms. The van der Waals surface area contributed by atoms with E-state index in [4.69, 9.17) is 20.6 Å². The van der Waals surface area contributed by atoms with Crippen LogP contribution in [-0.4, -0.2) is 51.3 Å². The van der Waals surface area contributed by atoms with Crippen LogP contribution in [0.4, 0.5) is 11.6 Å². The molecule has 9 nitrogen and oxygen atoms in total. The van der Waals surface area contributed by atoms with Gasteiger partial charge in [-0.25, -0.2) is 9.67 Å². The summed E-state index contributed by atoms with van der Waals surface area (Å²) in [5.74, 6) is 1.06. The molecule has 0 unspecified atom stereocenters. The van der Waals surface area contributed by atoms with Crippen molar-refractivity contribution < 1.29 is 9.53 Å². The molecule has 1 amide bonds. The van der Waals surface area contributed by atoms with Crippen LogP contribution in [0.1, 0.15) is 48.5 Å². The van der Waals surface area contributed by atoms with Gasteiger partial charge in [-0.05, 0) is 69.3 Å². The fourth-order valence-electron chi connectivity index (χ4n) is 5.10. The summed E-state index contributed by atoms with van der Waals surface area (Å²) in [6.45, 7) is 3.94. The Hall–Kier alpha value is -3.20. The molecule has 2 aliphatic rings. The number of likely N-dealkylation sites (N-methyl/N-ethyl adjacent to an activating group) is 1. The van der Waals surface area contributed by atoms with Gasteiger partial charge in [-0.1, -0.05) is 0 Å². The highest BCUT2D eigenvalue weighted by Crippen LogP contribution is 2.35. The van der Waals surface area contributed by atoms with Crippen molar-refractivity contribution in [2.45, 2.75) is 51.6 Å². The van der Waals surface area contributed by atoms with Crippen molar-refractivity contribution in [1.29, 1.82) is 0 Å². The maximum Gasteiger partial charge on any atom is 0.229 e. The van der Waals surface area contributed by atoms with Crippen molar-refractivity contribution in [1.82, 2.24) is 24.6 Å². The molecular formula is C24H31N7O2. The first-order valence-electron chi connectivity index (χ1n) is 11.6. The highest BCUT2D eigenvalue weighted by molar-refractivity contribution is 5.79. The molecule has 1 fully saturated rings. The third-order valence-corrected chi connectivity index (χ3v) is 7.05. The van der Waals surface area contributed by atoms with Crippen LogP contribution in [0.3, 0.4) is 0 Å². The van der Waals surface area contributed by atoms with Crippen molar-refractivity contribution in [2.24, 2.45) is 11.7 Å². The Morgan fingerprint density at radius 1 is 1.21 bits per heavy atom. The van der Waals surface area contributed by atoms with E-state index in [0.717, 1.165) is 73.4 Å². The molecule has 3 aromatic rings. The third-order valence-electron chi connectivity index (χ3n) is 7.05. The SMILES string of the molecule is COc1cc2c(cc1Nc1ncc3c(C)nn(C4CCC(C(N)=O)CC4)c3n1)CN(C)CC2. The number of nitrogens with two attached hydrogens (primary N) is 1. The zero-order chi connectivity index (χ0) is 23.1. The number of hydrogen-bond donors (Lipinski definition) is 2. The smallest absolute Gasteiger partial charge is 0.229 e. The normalized spacial score (nSPS) is 21.1. The van der Waals surface area contributed by atoms with Gasteiger partial charge in [0.15, 0.2) is 5.65 Å². The van der Waals surface area contributed by atoms with Gasteiger partial charge in [-0.3, -0.25) is 4.79 Å². The molecule has 0 saturated heterocycles. The molecular weight excluding hydrogens is 418 g/mol. The number of nitrogens with zero attached hydrogens (tertiary/aromatic N) is 5. The Morgan fingerprint density at radius 2 is 2.00 bits per heavy atom. The van der Waals surface area contributed by atoms with E-state index >= 15 is 0 Å². The van der Waals surface area contributed by atoms with Crippen LogP contribution in [0.15, 0.2) is 18.3 Å². The topological polar surface area (TPSA) is 111 Å². The number of fused-ring (bicyclic) bond motifs is 2. The quantitative estimate of drug-likeness (QED) is 0.616. The predicted octanol–water partition coefficient (Wildman–Crippen LogP) is 3.09. The largest absolute Gasteiger partial charge is 0.495 e. The Morgan fingerprint density at radius 3 is 2.73 bits per heavy atom. The van der Waals surface area contributed by atoms with E-state index in [9.17, 15) is 4.79 Å². The van der Waals surface area contributed by atoms with Crippen molar-refractivity contribution in [3.05, 3.63) is 35.2 Å². The number of rotatable bonds is 5. The second-order valence-corrected chi connectivity index (χ2v) is 9.30. The zero-order valence-corrected chi connectivity index (χ0v) is 19.5. The van der Waals surface area contributed by atoms with E-state index in [1.54, 1.807) is 7.11 Å². The summed E-state index contributed by atoms with van der Waals surface area (Å²) in [6.07, 6.45) is 6.15. The second kappa shape index (κ2) is 8.62. The van der Waals surface area contributed by atoms with Crippen molar-refractivity contribution in [3.63, 3.8) is 0 Å². The number of methoxy groups -OCH3 is 1. The van der Waals surface area contributed by atoms with E-state index < -0.39 is 0 Å². The minimum absolute atomic E-state index is 0.0356. The number of carbonyl (C=O) groups excluding carboxylic acids is 1. The van der Waals surface area contributed by atoms with Crippen LogP contribution in [0, 0.1) is 12.8 Å². The minimum Gasteiger partial charge on any atom is -0.495 e. The second-order valence-electron chi connectivity index (χ2n) is 9.30. The summed E-state index contributed by atoms with van der Waals surface area (Å²) < 4.78 is 7.67. The fraction of sp³-hybridized carbons (Fsp3) is 0.500. The summed E-state index contributed by atoms with van der Waals surface area (Å²) in [5, 5.41) is 9.09. The summed E-state index contributed by atoms with van der Waals surface area (Å²) >= 11 is 0. The fourth-order valence-corrected chi connectivity index (χ4v) is 5.10. The van der Waals surface area contributed by atoms with Gasteiger partial charge in [-0.15, -0.1) is 0 Å². The van der Waals surface area contributed by atoms with Gasteiger partial charge in [0.25, 0.3) is 0 Å². The molecule has 1 aliphatic carbocycles. The lowest BCUT2D eigenvalue weighted by molar-refractivity contribution is -0.122. The molecule has 5 rings (SSSR count). The monoisotopic (exact) mass is 449 g/mol. The number of primary amides is 1. The molecule has 3 heterocycles. The molecule has 174 valence electrons. The molecule has 0 atom stereocenters. The number of carbonyl (C=O) groups is 1. The molecule has 9 heteroatoms. The summed E-state index contributed by atoms with van der Waals surface area (Å²) in [7, 11) is 3.82. The molecule has 0 radical (unpaired) electrons. The molecule has 1 aliphatic heterocycles. The van der Waals surface area contributed by atoms with Gasteiger partial charge in [0, 0.05) is 25.2 Å². The summed E-state index contributed by atoms with van der Waals surface area (Å²) in [6, 6.07) is 4.47. The third kappa shape index (κ3) is 4.13. The Labute approximate surface area is 193 Å². The van der Waals surface area contributed by atoms with Gasteiger partial charge in [0.2, 0.25) is 11.9 Å². The number of nitrogens with one attached hydrogen (secondary N) is 1. The number of aromatic nitrogens is 4. The average Bonchev–Trinajstić information content (AvgIpc) is 3.14. The minimum atomic E-state index is -0.200. The number of hydrogen-bond acceptors (Lipinski definition) is 7. The average molecular weight is 450 g/mol. The van der Waals surface area contributed by atoms with Crippen LogP contribution in [0.2, 0.25) is 0 Å². The first-order valence-corrected chi connectivity index (χ1v) is 11.6. The maximum absolute atomic E-state index is 11.6. The number of amides is 1. The predicted molar refractivity (Wildman–Crippen MR) is 127 cm³/mol. The molecule has 2 aromatic heterocycles. The van der Waals surface area contributed by atoms with Gasteiger partial charge in [-0.2, -0.15) is 10.1 Å². The van der Waals surface area contributed by atoms with Gasteiger partial charge >= 0.3 is 0 Å².